The Labute approximate surface area is 106 Å². The molecule has 0 saturated carbocycles. The fraction of sp³-hybridized carbons (Fsp3) is 0.364. The SMILES string of the molecule is CC1(C(=O)Nc2ccc(Cl)cc2)CCN1.Cl. The van der Waals surface area contributed by atoms with Gasteiger partial charge < -0.3 is 10.6 Å². The average molecular weight is 261 g/mol. The Balaban J connectivity index is 0.00000128. The first kappa shape index (κ1) is 13.3. The molecule has 0 aromatic heterocycles. The molecule has 1 unspecified atom stereocenters. The highest BCUT2D eigenvalue weighted by Gasteiger charge is 2.38. The third kappa shape index (κ3) is 2.67. The van der Waals surface area contributed by atoms with Crippen LogP contribution in [0, 0.1) is 0 Å². The number of hydrogen-bond donors (Lipinski definition) is 2. The number of halogens is 2. The quantitative estimate of drug-likeness (QED) is 0.858. The van der Waals surface area contributed by atoms with E-state index in [0.29, 0.717) is 5.02 Å². The number of rotatable bonds is 2. The Kier molecular flexibility index (Phi) is 4.19. The van der Waals surface area contributed by atoms with E-state index in [0.717, 1.165) is 18.7 Å². The monoisotopic (exact) mass is 260 g/mol. The largest absolute Gasteiger partial charge is 0.324 e. The molecular formula is C11H14Cl2N2O. The summed E-state index contributed by atoms with van der Waals surface area (Å²) in [5.41, 5.74) is 0.374. The fourth-order valence-corrected chi connectivity index (χ4v) is 1.62. The van der Waals surface area contributed by atoms with Crippen molar-refractivity contribution in [1.82, 2.24) is 5.32 Å². The molecule has 1 fully saturated rings. The molecule has 0 aliphatic carbocycles. The van der Waals surface area contributed by atoms with Crippen molar-refractivity contribution in [3.05, 3.63) is 29.3 Å². The summed E-state index contributed by atoms with van der Waals surface area (Å²) in [6.45, 7) is 2.81. The van der Waals surface area contributed by atoms with Crippen molar-refractivity contribution in [2.75, 3.05) is 11.9 Å². The second-order valence-electron chi connectivity index (χ2n) is 3.97. The van der Waals surface area contributed by atoms with E-state index in [1.54, 1.807) is 24.3 Å². The molecule has 1 atom stereocenters. The second kappa shape index (κ2) is 5.04. The summed E-state index contributed by atoms with van der Waals surface area (Å²) in [4.78, 5) is 11.8. The minimum absolute atomic E-state index is 0. The van der Waals surface area contributed by atoms with Crippen LogP contribution in [-0.2, 0) is 4.79 Å². The summed E-state index contributed by atoms with van der Waals surface area (Å²) in [7, 11) is 0. The lowest BCUT2D eigenvalue weighted by atomic mass is 9.89. The zero-order chi connectivity index (χ0) is 10.9. The zero-order valence-corrected chi connectivity index (χ0v) is 10.5. The number of nitrogens with one attached hydrogen (secondary N) is 2. The van der Waals surface area contributed by atoms with Gasteiger partial charge in [0.2, 0.25) is 5.91 Å². The lowest BCUT2D eigenvalue weighted by Crippen LogP contribution is -2.61. The molecular weight excluding hydrogens is 247 g/mol. The van der Waals surface area contributed by atoms with Gasteiger partial charge >= 0.3 is 0 Å². The first-order chi connectivity index (χ1) is 7.10. The Morgan fingerprint density at radius 3 is 2.44 bits per heavy atom. The predicted octanol–water partition coefficient (Wildman–Crippen LogP) is 2.45. The van der Waals surface area contributed by atoms with Gasteiger partial charge in [-0.05, 0) is 44.2 Å². The van der Waals surface area contributed by atoms with Gasteiger partial charge in [0.25, 0.3) is 0 Å². The van der Waals surface area contributed by atoms with E-state index in [1.807, 2.05) is 6.92 Å². The van der Waals surface area contributed by atoms with E-state index in [-0.39, 0.29) is 18.3 Å². The molecule has 88 valence electrons. The average Bonchev–Trinajstić information content (AvgIpc) is 2.18. The summed E-state index contributed by atoms with van der Waals surface area (Å²) >= 11 is 5.75. The molecule has 1 amide bonds. The maximum Gasteiger partial charge on any atom is 0.244 e. The summed E-state index contributed by atoms with van der Waals surface area (Å²) < 4.78 is 0. The van der Waals surface area contributed by atoms with Crippen LogP contribution >= 0.6 is 24.0 Å². The second-order valence-corrected chi connectivity index (χ2v) is 4.41. The van der Waals surface area contributed by atoms with Crippen LogP contribution in [0.5, 0.6) is 0 Å². The number of hydrogen-bond acceptors (Lipinski definition) is 2. The van der Waals surface area contributed by atoms with Gasteiger partial charge in [-0.15, -0.1) is 12.4 Å². The van der Waals surface area contributed by atoms with Gasteiger partial charge in [0.05, 0.1) is 5.54 Å². The van der Waals surface area contributed by atoms with Gasteiger partial charge in [-0.2, -0.15) is 0 Å². The summed E-state index contributed by atoms with van der Waals surface area (Å²) in [6.07, 6.45) is 0.881. The van der Waals surface area contributed by atoms with Crippen molar-refractivity contribution < 1.29 is 4.79 Å². The highest BCUT2D eigenvalue weighted by Crippen LogP contribution is 2.21. The Morgan fingerprint density at radius 1 is 1.44 bits per heavy atom. The maximum atomic E-state index is 11.8. The molecule has 5 heteroatoms. The first-order valence-electron chi connectivity index (χ1n) is 4.92. The molecule has 1 saturated heterocycles. The lowest BCUT2D eigenvalue weighted by molar-refractivity contribution is -0.124. The highest BCUT2D eigenvalue weighted by molar-refractivity contribution is 6.30. The predicted molar refractivity (Wildman–Crippen MR) is 68.4 cm³/mol. The molecule has 1 aromatic rings. The molecule has 1 heterocycles. The third-order valence-electron chi connectivity index (χ3n) is 2.74. The van der Waals surface area contributed by atoms with Gasteiger partial charge in [0, 0.05) is 10.7 Å². The van der Waals surface area contributed by atoms with Crippen LogP contribution in [0.15, 0.2) is 24.3 Å². The van der Waals surface area contributed by atoms with E-state index >= 15 is 0 Å². The Bertz CT molecular complexity index is 374. The minimum Gasteiger partial charge on any atom is -0.324 e. The van der Waals surface area contributed by atoms with Gasteiger partial charge in [0.1, 0.15) is 0 Å². The van der Waals surface area contributed by atoms with Crippen LogP contribution in [0.3, 0.4) is 0 Å². The molecule has 3 nitrogen and oxygen atoms in total. The first-order valence-corrected chi connectivity index (χ1v) is 5.30. The van der Waals surface area contributed by atoms with Crippen molar-refractivity contribution in [3.63, 3.8) is 0 Å². The molecule has 0 radical (unpaired) electrons. The van der Waals surface area contributed by atoms with Crippen LogP contribution in [0.2, 0.25) is 5.02 Å². The van der Waals surface area contributed by atoms with Crippen LogP contribution in [0.4, 0.5) is 5.69 Å². The molecule has 1 aliphatic heterocycles. The normalized spacial score (nSPS) is 22.9. The fourth-order valence-electron chi connectivity index (χ4n) is 1.50. The van der Waals surface area contributed by atoms with Gasteiger partial charge in [0.15, 0.2) is 0 Å². The number of carbonyl (C=O) groups is 1. The lowest BCUT2D eigenvalue weighted by Gasteiger charge is -2.38. The van der Waals surface area contributed by atoms with Crippen molar-refractivity contribution in [2.24, 2.45) is 0 Å². The van der Waals surface area contributed by atoms with Crippen molar-refractivity contribution in [2.45, 2.75) is 18.9 Å². The molecule has 2 N–H and O–H groups in total. The standard InChI is InChI=1S/C11H13ClN2O.ClH/c1-11(6-7-13-11)10(15)14-9-4-2-8(12)3-5-9;/h2-5,13H,6-7H2,1H3,(H,14,15);1H. The number of anilines is 1. The van der Waals surface area contributed by atoms with Crippen LogP contribution in [0.25, 0.3) is 0 Å². The summed E-state index contributed by atoms with van der Waals surface area (Å²) in [6, 6.07) is 7.10. The molecule has 2 rings (SSSR count). The van der Waals surface area contributed by atoms with Crippen LogP contribution in [0.1, 0.15) is 13.3 Å². The van der Waals surface area contributed by atoms with Crippen molar-refractivity contribution in [3.8, 4) is 0 Å². The van der Waals surface area contributed by atoms with E-state index in [4.69, 9.17) is 11.6 Å². The Hall–Kier alpha value is -0.770. The Morgan fingerprint density at radius 2 is 2.00 bits per heavy atom. The maximum absolute atomic E-state index is 11.8. The minimum atomic E-state index is -0.403. The summed E-state index contributed by atoms with van der Waals surface area (Å²) in [5, 5.41) is 6.63. The van der Waals surface area contributed by atoms with E-state index < -0.39 is 5.54 Å². The number of amides is 1. The van der Waals surface area contributed by atoms with Crippen molar-refractivity contribution >= 4 is 35.6 Å². The van der Waals surface area contributed by atoms with Gasteiger partial charge in [-0.25, -0.2) is 0 Å². The molecule has 1 aromatic carbocycles. The smallest absolute Gasteiger partial charge is 0.244 e. The van der Waals surface area contributed by atoms with Gasteiger partial charge in [-0.1, -0.05) is 11.6 Å². The topological polar surface area (TPSA) is 41.1 Å². The molecule has 16 heavy (non-hydrogen) atoms. The number of carbonyl (C=O) groups excluding carboxylic acids is 1. The van der Waals surface area contributed by atoms with Crippen LogP contribution < -0.4 is 10.6 Å². The van der Waals surface area contributed by atoms with E-state index in [2.05, 4.69) is 10.6 Å². The van der Waals surface area contributed by atoms with E-state index in [1.165, 1.54) is 0 Å². The van der Waals surface area contributed by atoms with Crippen molar-refractivity contribution in [1.29, 1.82) is 0 Å². The third-order valence-corrected chi connectivity index (χ3v) is 3.00. The highest BCUT2D eigenvalue weighted by atomic mass is 35.5. The zero-order valence-electron chi connectivity index (χ0n) is 8.92. The van der Waals surface area contributed by atoms with Gasteiger partial charge in [-0.3, -0.25) is 4.79 Å². The summed E-state index contributed by atoms with van der Waals surface area (Å²) in [5.74, 6) is 0.0103. The molecule has 0 bridgehead atoms. The molecule has 0 spiro atoms. The van der Waals surface area contributed by atoms with E-state index in [9.17, 15) is 4.79 Å². The van der Waals surface area contributed by atoms with Crippen LogP contribution in [-0.4, -0.2) is 18.0 Å². The number of benzene rings is 1. The molecule has 1 aliphatic rings.